The van der Waals surface area contributed by atoms with E-state index in [1.165, 1.54) is 6.07 Å². The number of allylic oxidation sites excluding steroid dienone is 1. The first-order valence-corrected chi connectivity index (χ1v) is 19.3. The maximum Gasteiger partial charge on any atom is 0.334 e. The van der Waals surface area contributed by atoms with Gasteiger partial charge >= 0.3 is 11.9 Å². The van der Waals surface area contributed by atoms with Gasteiger partial charge in [0.05, 0.1) is 25.0 Å². The maximum atomic E-state index is 14.6. The van der Waals surface area contributed by atoms with Crippen LogP contribution >= 0.6 is 0 Å². The molecular weight excluding hydrogens is 698 g/mol. The number of esters is 2. The minimum absolute atomic E-state index is 0.0232. The zero-order valence-electron chi connectivity index (χ0n) is 31.3. The summed E-state index contributed by atoms with van der Waals surface area (Å²) in [7, 11) is 0. The molecule has 7 rings (SSSR count). The molecule has 0 amide bonds. The highest BCUT2D eigenvalue weighted by Gasteiger charge is 2.46. The van der Waals surface area contributed by atoms with Crippen LogP contribution in [0.2, 0.25) is 0 Å². The lowest BCUT2D eigenvalue weighted by atomic mass is 9.68. The van der Waals surface area contributed by atoms with Crippen LogP contribution in [-0.4, -0.2) is 62.5 Å². The average Bonchev–Trinajstić information content (AvgIpc) is 3.15. The molecule has 288 valence electrons. The van der Waals surface area contributed by atoms with Crippen molar-refractivity contribution in [3.05, 3.63) is 99.6 Å². The fraction of sp³-hybridized carbons (Fsp3) is 0.444. The number of carbonyl (C=O) groups is 3. The number of fused-ring (bicyclic) bond motifs is 8. The number of aliphatic hydroxyl groups excluding tert-OH is 2. The van der Waals surface area contributed by atoms with E-state index < -0.39 is 41.6 Å². The molecule has 5 N–H and O–H groups in total. The number of benzene rings is 3. The molecule has 0 radical (unpaired) electrons. The van der Waals surface area contributed by atoms with Gasteiger partial charge in [-0.25, -0.2) is 4.79 Å². The number of hydrogen-bond donors (Lipinski definition) is 5. The average molecular weight is 748 g/mol. The summed E-state index contributed by atoms with van der Waals surface area (Å²) in [5, 5.41) is 47.3. The van der Waals surface area contributed by atoms with Crippen molar-refractivity contribution in [3.8, 4) is 23.3 Å². The van der Waals surface area contributed by atoms with Gasteiger partial charge in [0, 0.05) is 54.1 Å². The number of rotatable bonds is 5. The molecule has 7 unspecified atom stereocenters. The number of anilines is 1. The lowest BCUT2D eigenvalue weighted by Crippen LogP contribution is -2.52. The fourth-order valence-corrected chi connectivity index (χ4v) is 8.51. The van der Waals surface area contributed by atoms with Gasteiger partial charge in [0.2, 0.25) is 0 Å². The van der Waals surface area contributed by atoms with Crippen LogP contribution in [0.4, 0.5) is 5.69 Å². The summed E-state index contributed by atoms with van der Waals surface area (Å²) in [5.74, 6) is 3.90. The molecule has 3 aromatic carbocycles. The molecule has 10 heteroatoms. The van der Waals surface area contributed by atoms with E-state index in [1.54, 1.807) is 26.0 Å². The van der Waals surface area contributed by atoms with Crippen LogP contribution in [0, 0.1) is 23.7 Å². The summed E-state index contributed by atoms with van der Waals surface area (Å²) in [6, 6.07) is 16.8. The highest BCUT2D eigenvalue weighted by atomic mass is 16.6. The van der Waals surface area contributed by atoms with Gasteiger partial charge in [0.15, 0.2) is 0 Å². The smallest absolute Gasteiger partial charge is 0.334 e. The summed E-state index contributed by atoms with van der Waals surface area (Å²) >= 11 is 0. The van der Waals surface area contributed by atoms with Crippen molar-refractivity contribution in [2.45, 2.75) is 108 Å². The van der Waals surface area contributed by atoms with Crippen LogP contribution in [0.3, 0.4) is 0 Å². The third kappa shape index (κ3) is 8.65. The van der Waals surface area contributed by atoms with Crippen molar-refractivity contribution in [2.75, 3.05) is 11.9 Å². The van der Waals surface area contributed by atoms with Crippen molar-refractivity contribution >= 4 is 23.4 Å². The summed E-state index contributed by atoms with van der Waals surface area (Å²) in [4.78, 5) is 40.7. The third-order valence-electron chi connectivity index (χ3n) is 11.7. The number of ketones is 1. The fourth-order valence-electron chi connectivity index (χ4n) is 8.51. The number of phenols is 1. The third-order valence-corrected chi connectivity index (χ3v) is 11.7. The second-order valence-corrected chi connectivity index (χ2v) is 15.9. The number of ether oxygens (including phenoxy) is 2. The van der Waals surface area contributed by atoms with Crippen LogP contribution in [0.1, 0.15) is 97.6 Å². The Labute approximate surface area is 321 Å². The molecule has 4 aliphatic rings. The van der Waals surface area contributed by atoms with Crippen molar-refractivity contribution < 1.29 is 44.3 Å². The Morgan fingerprint density at radius 1 is 0.964 bits per heavy atom. The molecule has 7 atom stereocenters. The number of nitrogens with one attached hydrogen (secondary N) is 1. The van der Waals surface area contributed by atoms with Crippen molar-refractivity contribution in [2.24, 2.45) is 11.8 Å². The second-order valence-electron chi connectivity index (χ2n) is 15.9. The van der Waals surface area contributed by atoms with E-state index in [9.17, 15) is 34.8 Å². The number of aromatic hydroxyl groups is 1. The van der Waals surface area contributed by atoms with E-state index in [0.29, 0.717) is 72.0 Å². The Bertz CT molecular complexity index is 2070. The molecule has 55 heavy (non-hydrogen) atoms. The van der Waals surface area contributed by atoms with Crippen molar-refractivity contribution in [3.63, 3.8) is 0 Å². The second kappa shape index (κ2) is 16.0. The van der Waals surface area contributed by atoms with Crippen LogP contribution in [0.15, 0.2) is 66.2 Å². The number of phenolic OH excluding ortho intramolecular Hbond substituents is 1. The number of aliphatic hydroxyl groups is 3. The van der Waals surface area contributed by atoms with Crippen LogP contribution in [0.25, 0.3) is 0 Å². The molecule has 3 aromatic rings. The lowest BCUT2D eigenvalue weighted by Gasteiger charge is -2.42. The van der Waals surface area contributed by atoms with E-state index in [1.807, 2.05) is 36.4 Å². The first-order chi connectivity index (χ1) is 26.4. The molecule has 3 aliphatic heterocycles. The van der Waals surface area contributed by atoms with Crippen molar-refractivity contribution in [1.29, 1.82) is 0 Å². The standard InChI is InChI=1S/C45H49NO9/c1-26(48)24-46-37-16-29(25-47)15-33(19-37)30-9-10-31-22-43(51)54-41-23-40(50)35(20-38(31)41)21-42-45(2,53)36-11-12-39(49)34(18-36)14-28-7-3-5-27(13-28)6-4-8-32(17-30)44(52)55-42/h3,5,7-8,13,15-16,19-20,23,26,30-31,34,36,42,46-48,50,53H,4,6,11-12,14,17-18,21-22,24-25H2,1-2H3. The topological polar surface area (TPSA) is 163 Å². The van der Waals surface area contributed by atoms with E-state index in [-0.39, 0.29) is 61.5 Å². The molecule has 1 fully saturated rings. The van der Waals surface area contributed by atoms with Gasteiger partial charge in [-0.05, 0) is 104 Å². The Balaban J connectivity index is 1.39. The van der Waals surface area contributed by atoms with Gasteiger partial charge in [0.1, 0.15) is 29.0 Å². The maximum absolute atomic E-state index is 14.6. The first-order valence-electron chi connectivity index (χ1n) is 19.3. The minimum atomic E-state index is -1.59. The molecule has 1 aliphatic carbocycles. The Morgan fingerprint density at radius 3 is 2.56 bits per heavy atom. The molecule has 0 aromatic heterocycles. The first kappa shape index (κ1) is 38.3. The number of hydrogen-bond acceptors (Lipinski definition) is 10. The lowest BCUT2D eigenvalue weighted by molar-refractivity contribution is -0.170. The quantitative estimate of drug-likeness (QED) is 0.127. The van der Waals surface area contributed by atoms with Gasteiger partial charge < -0.3 is 35.2 Å². The summed E-state index contributed by atoms with van der Waals surface area (Å²) in [6.07, 6.45) is 3.02. The summed E-state index contributed by atoms with van der Waals surface area (Å²) < 4.78 is 12.0. The van der Waals surface area contributed by atoms with Gasteiger partial charge in [0.25, 0.3) is 0 Å². The Morgan fingerprint density at radius 2 is 1.76 bits per heavy atom. The Hall–Kier alpha value is -4.95. The molecule has 1 saturated carbocycles. The molecule has 0 saturated heterocycles. The number of Topliss-reactive ketones (excluding diaryl/α,β-unsaturated/α-hetero) is 1. The molecule has 3 heterocycles. The molecule has 8 bridgehead atoms. The van der Waals surface area contributed by atoms with E-state index in [2.05, 4.69) is 23.2 Å². The van der Waals surface area contributed by atoms with Gasteiger partial charge in [-0.1, -0.05) is 48.2 Å². The summed E-state index contributed by atoms with van der Waals surface area (Å²) in [5.41, 5.74) is 3.89. The van der Waals surface area contributed by atoms with Crippen LogP contribution < -0.4 is 10.1 Å². The van der Waals surface area contributed by atoms with Crippen LogP contribution in [0.5, 0.6) is 11.5 Å². The monoisotopic (exact) mass is 747 g/mol. The van der Waals surface area contributed by atoms with E-state index >= 15 is 0 Å². The highest BCUT2D eigenvalue weighted by Crippen LogP contribution is 2.43. The largest absolute Gasteiger partial charge is 0.508 e. The normalized spacial score (nSPS) is 27.3. The zero-order chi connectivity index (χ0) is 38.9. The number of carbonyl (C=O) groups excluding carboxylic acids is 3. The molecular formula is C45H49NO9. The molecule has 0 spiro atoms. The highest BCUT2D eigenvalue weighted by molar-refractivity contribution is 5.89. The van der Waals surface area contributed by atoms with E-state index in [4.69, 9.17) is 9.47 Å². The van der Waals surface area contributed by atoms with Crippen LogP contribution in [-0.2, 0) is 45.0 Å². The van der Waals surface area contributed by atoms with Crippen molar-refractivity contribution in [1.82, 2.24) is 0 Å². The summed E-state index contributed by atoms with van der Waals surface area (Å²) in [6.45, 7) is 3.36. The molecule has 10 nitrogen and oxygen atoms in total. The van der Waals surface area contributed by atoms with E-state index in [0.717, 1.165) is 11.1 Å². The van der Waals surface area contributed by atoms with Gasteiger partial charge in [-0.15, -0.1) is 0 Å². The van der Waals surface area contributed by atoms with Gasteiger partial charge in [-0.3, -0.25) is 9.59 Å². The zero-order valence-corrected chi connectivity index (χ0v) is 31.3. The minimum Gasteiger partial charge on any atom is -0.508 e. The predicted molar refractivity (Wildman–Crippen MR) is 205 cm³/mol. The van der Waals surface area contributed by atoms with Gasteiger partial charge in [-0.2, -0.15) is 0 Å². The predicted octanol–water partition coefficient (Wildman–Crippen LogP) is 5.57. The SMILES string of the molecule is CC(O)CNc1cc(CO)cc(C2C#CC3CC(=O)Oc4cc(O)c(cc43)CC3OC(=O)C(=CCCc4cccc(c4)CC4CC(CCC4=O)C3(C)O)C2)c1. The number of aryl methyl sites for hydroxylation is 1. The Kier molecular flexibility index (Phi) is 11.2.